The van der Waals surface area contributed by atoms with Gasteiger partial charge in [-0.3, -0.25) is 4.79 Å². The molecule has 7 nitrogen and oxygen atoms in total. The summed E-state index contributed by atoms with van der Waals surface area (Å²) in [6.45, 7) is 0. The number of aromatic nitrogens is 2. The number of hydrogen-bond acceptors (Lipinski definition) is 5. The second-order valence-corrected chi connectivity index (χ2v) is 6.05. The van der Waals surface area contributed by atoms with Gasteiger partial charge in [-0.25, -0.2) is 4.79 Å². The van der Waals surface area contributed by atoms with Crippen LogP contribution in [0.4, 0.5) is 0 Å². The fourth-order valence-electron chi connectivity index (χ4n) is 2.21. The second kappa shape index (κ2) is 6.48. The standard InChI is InChI=1S/C16H12IN3O4/c1-24-13-7-9(6-11(17)14(13)21)8-18-20-15(22)10-4-2-3-5-12(10)19-16(20)23/h2-8,21H,1H3,(H,19,23). The predicted octanol–water partition coefficient (Wildman–Crippen LogP) is 1.89. The van der Waals surface area contributed by atoms with Crippen molar-refractivity contribution in [1.82, 2.24) is 9.66 Å². The lowest BCUT2D eigenvalue weighted by Crippen LogP contribution is -2.32. The van der Waals surface area contributed by atoms with E-state index in [9.17, 15) is 14.7 Å². The van der Waals surface area contributed by atoms with Crippen molar-refractivity contribution < 1.29 is 9.84 Å². The maximum atomic E-state index is 12.4. The number of H-pyrrole nitrogens is 1. The molecule has 0 saturated carbocycles. The largest absolute Gasteiger partial charge is 0.504 e. The molecule has 3 rings (SSSR count). The monoisotopic (exact) mass is 437 g/mol. The first kappa shape index (κ1) is 16.2. The fourth-order valence-corrected chi connectivity index (χ4v) is 2.83. The smallest absolute Gasteiger partial charge is 0.349 e. The van der Waals surface area contributed by atoms with Crippen molar-refractivity contribution in [3.8, 4) is 11.5 Å². The number of nitrogens with zero attached hydrogens (tertiary/aromatic N) is 2. The highest BCUT2D eigenvalue weighted by Gasteiger charge is 2.09. The van der Waals surface area contributed by atoms with E-state index >= 15 is 0 Å². The van der Waals surface area contributed by atoms with Gasteiger partial charge >= 0.3 is 5.69 Å². The molecule has 0 spiro atoms. The average molecular weight is 437 g/mol. The maximum absolute atomic E-state index is 12.4. The Kier molecular flexibility index (Phi) is 4.38. The Balaban J connectivity index is 2.10. The van der Waals surface area contributed by atoms with Gasteiger partial charge in [-0.1, -0.05) is 12.1 Å². The van der Waals surface area contributed by atoms with Gasteiger partial charge < -0.3 is 14.8 Å². The van der Waals surface area contributed by atoms with Gasteiger partial charge in [0.05, 0.1) is 27.8 Å². The highest BCUT2D eigenvalue weighted by atomic mass is 127. The van der Waals surface area contributed by atoms with Gasteiger partial charge in [-0.15, -0.1) is 4.68 Å². The molecule has 0 aliphatic heterocycles. The number of methoxy groups -OCH3 is 1. The lowest BCUT2D eigenvalue weighted by Gasteiger charge is -2.06. The quantitative estimate of drug-likeness (QED) is 0.483. The summed E-state index contributed by atoms with van der Waals surface area (Å²) >= 11 is 1.95. The van der Waals surface area contributed by atoms with Crippen LogP contribution in [-0.4, -0.2) is 28.1 Å². The Bertz CT molecular complexity index is 1070. The first-order valence-corrected chi connectivity index (χ1v) is 7.94. The van der Waals surface area contributed by atoms with Crippen LogP contribution >= 0.6 is 22.6 Å². The highest BCUT2D eigenvalue weighted by Crippen LogP contribution is 2.31. The van der Waals surface area contributed by atoms with E-state index in [0.29, 0.717) is 20.0 Å². The van der Waals surface area contributed by atoms with E-state index < -0.39 is 11.2 Å². The van der Waals surface area contributed by atoms with Gasteiger partial charge in [0, 0.05) is 0 Å². The number of benzene rings is 2. The van der Waals surface area contributed by atoms with Crippen LogP contribution in [-0.2, 0) is 0 Å². The number of para-hydroxylation sites is 1. The number of phenols is 1. The van der Waals surface area contributed by atoms with Crippen molar-refractivity contribution in [2.45, 2.75) is 0 Å². The Hall–Kier alpha value is -2.62. The van der Waals surface area contributed by atoms with Crippen molar-refractivity contribution in [3.63, 3.8) is 0 Å². The lowest BCUT2D eigenvalue weighted by molar-refractivity contribution is 0.371. The molecule has 1 heterocycles. The molecule has 24 heavy (non-hydrogen) atoms. The van der Waals surface area contributed by atoms with Gasteiger partial charge in [-0.05, 0) is 52.4 Å². The van der Waals surface area contributed by atoms with Crippen LogP contribution in [0.25, 0.3) is 10.9 Å². The van der Waals surface area contributed by atoms with E-state index in [1.165, 1.54) is 13.3 Å². The van der Waals surface area contributed by atoms with Crippen molar-refractivity contribution in [1.29, 1.82) is 0 Å². The van der Waals surface area contributed by atoms with E-state index in [1.54, 1.807) is 36.4 Å². The number of halogens is 1. The normalized spacial score (nSPS) is 11.2. The highest BCUT2D eigenvalue weighted by molar-refractivity contribution is 14.1. The Morgan fingerprint density at radius 2 is 2.04 bits per heavy atom. The molecule has 2 aromatic carbocycles. The number of aromatic hydroxyl groups is 1. The molecule has 0 atom stereocenters. The van der Waals surface area contributed by atoms with E-state index in [-0.39, 0.29) is 11.5 Å². The zero-order valence-electron chi connectivity index (χ0n) is 12.5. The molecule has 122 valence electrons. The zero-order chi connectivity index (χ0) is 17.3. The number of ether oxygens (including phenoxy) is 1. The fraction of sp³-hybridized carbons (Fsp3) is 0.0625. The van der Waals surface area contributed by atoms with Crippen LogP contribution in [0.5, 0.6) is 11.5 Å². The molecule has 0 aliphatic rings. The SMILES string of the molecule is COc1cc(C=Nn2c(=O)[nH]c3ccccc3c2=O)cc(I)c1O. The molecule has 2 N–H and O–H groups in total. The molecule has 0 aliphatic carbocycles. The number of rotatable bonds is 3. The summed E-state index contributed by atoms with van der Waals surface area (Å²) < 4.78 is 6.39. The molecule has 1 aromatic heterocycles. The topological polar surface area (TPSA) is 96.7 Å². The number of nitrogens with one attached hydrogen (secondary N) is 1. The van der Waals surface area contributed by atoms with Crippen LogP contribution < -0.4 is 16.0 Å². The predicted molar refractivity (Wildman–Crippen MR) is 99.2 cm³/mol. The minimum atomic E-state index is -0.629. The Labute approximate surface area is 149 Å². The minimum absolute atomic E-state index is 0.0240. The third-order valence-corrected chi connectivity index (χ3v) is 4.20. The summed E-state index contributed by atoms with van der Waals surface area (Å²) in [5.41, 5.74) is -0.102. The third kappa shape index (κ3) is 2.92. The summed E-state index contributed by atoms with van der Waals surface area (Å²) in [4.78, 5) is 27.0. The van der Waals surface area contributed by atoms with Crippen LogP contribution in [0.2, 0.25) is 0 Å². The zero-order valence-corrected chi connectivity index (χ0v) is 14.6. The van der Waals surface area contributed by atoms with Gasteiger partial charge in [0.1, 0.15) is 0 Å². The van der Waals surface area contributed by atoms with Gasteiger partial charge in [-0.2, -0.15) is 5.10 Å². The summed E-state index contributed by atoms with van der Waals surface area (Å²) in [6.07, 6.45) is 1.36. The van der Waals surface area contributed by atoms with Gasteiger partial charge in [0.25, 0.3) is 5.56 Å². The molecule has 0 unspecified atom stereocenters. The van der Waals surface area contributed by atoms with Crippen LogP contribution in [0, 0.1) is 3.57 Å². The Morgan fingerprint density at radius 3 is 2.79 bits per heavy atom. The van der Waals surface area contributed by atoms with Crippen LogP contribution in [0.1, 0.15) is 5.56 Å². The van der Waals surface area contributed by atoms with Gasteiger partial charge in [0.2, 0.25) is 0 Å². The summed E-state index contributed by atoms with van der Waals surface area (Å²) in [6, 6.07) is 9.92. The number of phenolic OH excluding ortho intramolecular Hbond substituents is 1. The number of fused-ring (bicyclic) bond motifs is 1. The van der Waals surface area contributed by atoms with E-state index in [0.717, 1.165) is 4.68 Å². The summed E-state index contributed by atoms with van der Waals surface area (Å²) in [5, 5.41) is 14.2. The maximum Gasteiger partial charge on any atom is 0.349 e. The van der Waals surface area contributed by atoms with Crippen molar-refractivity contribution in [2.24, 2.45) is 5.10 Å². The van der Waals surface area contributed by atoms with Gasteiger partial charge in [0.15, 0.2) is 11.5 Å². The summed E-state index contributed by atoms with van der Waals surface area (Å²) in [7, 11) is 1.44. The van der Waals surface area contributed by atoms with Crippen molar-refractivity contribution in [2.75, 3.05) is 7.11 Å². The molecule has 0 bridgehead atoms. The van der Waals surface area contributed by atoms with Crippen LogP contribution in [0.3, 0.4) is 0 Å². The first-order valence-electron chi connectivity index (χ1n) is 6.86. The molecular weight excluding hydrogens is 425 g/mol. The van der Waals surface area contributed by atoms with E-state index in [4.69, 9.17) is 4.74 Å². The summed E-state index contributed by atoms with van der Waals surface area (Å²) in [5.74, 6) is 0.305. The molecule has 0 radical (unpaired) electrons. The molecule has 8 heteroatoms. The molecule has 0 amide bonds. The second-order valence-electron chi connectivity index (χ2n) is 4.89. The number of aromatic amines is 1. The minimum Gasteiger partial charge on any atom is -0.504 e. The van der Waals surface area contributed by atoms with Crippen molar-refractivity contribution >= 4 is 39.7 Å². The molecule has 3 aromatic rings. The average Bonchev–Trinajstić information content (AvgIpc) is 2.57. The first-order chi connectivity index (χ1) is 11.5. The van der Waals surface area contributed by atoms with E-state index in [2.05, 4.69) is 10.1 Å². The van der Waals surface area contributed by atoms with Crippen LogP contribution in [0.15, 0.2) is 51.1 Å². The third-order valence-electron chi connectivity index (χ3n) is 3.38. The van der Waals surface area contributed by atoms with Crippen molar-refractivity contribution in [3.05, 3.63) is 66.4 Å². The molecular formula is C16H12IN3O4. The molecule has 0 saturated heterocycles. The Morgan fingerprint density at radius 1 is 1.29 bits per heavy atom. The lowest BCUT2D eigenvalue weighted by atomic mass is 10.2. The number of hydrogen-bond donors (Lipinski definition) is 2. The molecule has 0 fully saturated rings. The van der Waals surface area contributed by atoms with E-state index in [1.807, 2.05) is 22.6 Å².